The van der Waals surface area contributed by atoms with Gasteiger partial charge in [-0.2, -0.15) is 0 Å². The SMILES string of the molecule is CC(C)c1cc(SC[Si](C)(C)c2ccco2)cc(C(C)C)c1O. The Hall–Kier alpha value is -1.13. The molecule has 1 aromatic heterocycles. The predicted octanol–water partition coefficient (Wildman–Crippen LogP) is 5.48. The highest BCUT2D eigenvalue weighted by Crippen LogP contribution is 2.38. The largest absolute Gasteiger partial charge is 0.507 e. The third-order valence-corrected chi connectivity index (χ3v) is 9.83. The monoisotopic (exact) mass is 348 g/mol. The van der Waals surface area contributed by atoms with Crippen LogP contribution in [-0.2, 0) is 0 Å². The zero-order valence-corrected chi connectivity index (χ0v) is 16.8. The first-order chi connectivity index (χ1) is 10.7. The molecule has 23 heavy (non-hydrogen) atoms. The maximum Gasteiger partial charge on any atom is 0.136 e. The molecule has 1 heterocycles. The number of phenolic OH excluding ortho intramolecular Hbond substituents is 1. The normalized spacial score (nSPS) is 12.3. The van der Waals surface area contributed by atoms with Crippen molar-refractivity contribution in [2.24, 2.45) is 0 Å². The van der Waals surface area contributed by atoms with Gasteiger partial charge in [-0.05, 0) is 47.2 Å². The van der Waals surface area contributed by atoms with E-state index in [1.165, 1.54) is 4.90 Å². The van der Waals surface area contributed by atoms with Gasteiger partial charge >= 0.3 is 0 Å². The molecule has 1 aromatic carbocycles. The van der Waals surface area contributed by atoms with Crippen LogP contribution in [-0.4, -0.2) is 18.6 Å². The Morgan fingerprint density at radius 1 is 1.09 bits per heavy atom. The first-order valence-electron chi connectivity index (χ1n) is 8.26. The van der Waals surface area contributed by atoms with Crippen molar-refractivity contribution in [3.05, 3.63) is 41.7 Å². The maximum atomic E-state index is 10.5. The van der Waals surface area contributed by atoms with E-state index in [0.717, 1.165) is 21.9 Å². The number of phenols is 1. The molecule has 4 heteroatoms. The van der Waals surface area contributed by atoms with Gasteiger partial charge in [0, 0.05) is 10.3 Å². The first-order valence-corrected chi connectivity index (χ1v) is 12.4. The summed E-state index contributed by atoms with van der Waals surface area (Å²) in [6.45, 7) is 13.2. The van der Waals surface area contributed by atoms with Gasteiger partial charge in [-0.3, -0.25) is 0 Å². The van der Waals surface area contributed by atoms with Crippen LogP contribution in [0.4, 0.5) is 0 Å². The standard InChI is InChI=1S/C19H28O2SSi/c1-13(2)16-10-15(11-17(14(3)4)19(16)20)22-12-23(5,6)18-8-7-9-21-18/h7-11,13-14,20H,12H2,1-6H3. The van der Waals surface area contributed by atoms with Crippen LogP contribution in [0.25, 0.3) is 0 Å². The third kappa shape index (κ3) is 4.24. The van der Waals surface area contributed by atoms with Gasteiger partial charge < -0.3 is 9.52 Å². The number of furan rings is 1. The topological polar surface area (TPSA) is 33.4 Å². The van der Waals surface area contributed by atoms with Crippen LogP contribution in [0, 0.1) is 0 Å². The van der Waals surface area contributed by atoms with Crippen molar-refractivity contribution in [2.45, 2.75) is 57.5 Å². The Bertz CT molecular complexity index is 616. The molecule has 0 aliphatic rings. The molecule has 0 bridgehead atoms. The van der Waals surface area contributed by atoms with Gasteiger partial charge in [0.05, 0.1) is 11.6 Å². The lowest BCUT2D eigenvalue weighted by atomic mass is 9.94. The molecule has 0 fully saturated rings. The quantitative estimate of drug-likeness (QED) is 0.554. The Balaban J connectivity index is 2.26. The molecule has 2 nitrogen and oxygen atoms in total. The molecule has 0 saturated carbocycles. The fraction of sp³-hybridized carbons (Fsp3) is 0.474. The first kappa shape index (κ1) is 18.2. The molecule has 0 amide bonds. The van der Waals surface area contributed by atoms with Crippen molar-refractivity contribution in [3.8, 4) is 5.75 Å². The van der Waals surface area contributed by atoms with Crippen LogP contribution in [0.3, 0.4) is 0 Å². The Kier molecular flexibility index (Phi) is 5.68. The number of hydrogen-bond donors (Lipinski definition) is 1. The van der Waals surface area contributed by atoms with Gasteiger partial charge in [0.1, 0.15) is 13.8 Å². The average molecular weight is 349 g/mol. The molecule has 0 atom stereocenters. The summed E-state index contributed by atoms with van der Waals surface area (Å²) in [6, 6.07) is 8.39. The molecular weight excluding hydrogens is 320 g/mol. The molecule has 2 aromatic rings. The van der Waals surface area contributed by atoms with Crippen molar-refractivity contribution >= 4 is 25.2 Å². The van der Waals surface area contributed by atoms with Gasteiger partial charge in [0.25, 0.3) is 0 Å². The number of aromatic hydroxyl groups is 1. The van der Waals surface area contributed by atoms with Crippen LogP contribution in [0.5, 0.6) is 5.75 Å². The van der Waals surface area contributed by atoms with Crippen LogP contribution >= 0.6 is 11.8 Å². The van der Waals surface area contributed by atoms with Crippen molar-refractivity contribution in [2.75, 3.05) is 5.38 Å². The molecule has 0 radical (unpaired) electrons. The fourth-order valence-electron chi connectivity index (χ4n) is 2.61. The van der Waals surface area contributed by atoms with E-state index in [-0.39, 0.29) is 0 Å². The van der Waals surface area contributed by atoms with E-state index in [0.29, 0.717) is 17.6 Å². The van der Waals surface area contributed by atoms with Crippen LogP contribution in [0.15, 0.2) is 39.8 Å². The molecule has 126 valence electrons. The number of rotatable bonds is 6. The smallest absolute Gasteiger partial charge is 0.136 e. The third-order valence-electron chi connectivity index (χ3n) is 4.17. The minimum atomic E-state index is -1.58. The molecule has 0 spiro atoms. The van der Waals surface area contributed by atoms with Gasteiger partial charge in [-0.15, -0.1) is 11.8 Å². The van der Waals surface area contributed by atoms with Crippen LogP contribution in [0.1, 0.15) is 50.7 Å². The molecule has 0 aliphatic carbocycles. The summed E-state index contributed by atoms with van der Waals surface area (Å²) in [7, 11) is -1.58. The van der Waals surface area contributed by atoms with E-state index in [4.69, 9.17) is 4.42 Å². The second kappa shape index (κ2) is 7.18. The van der Waals surface area contributed by atoms with Gasteiger partial charge in [-0.1, -0.05) is 40.8 Å². The van der Waals surface area contributed by atoms with E-state index in [1.807, 2.05) is 17.8 Å². The van der Waals surface area contributed by atoms with Gasteiger partial charge in [0.15, 0.2) is 0 Å². The summed E-state index contributed by atoms with van der Waals surface area (Å²) in [5, 5.41) is 12.7. The van der Waals surface area contributed by atoms with E-state index in [9.17, 15) is 5.11 Å². The zero-order valence-electron chi connectivity index (χ0n) is 15.0. The Morgan fingerprint density at radius 2 is 1.65 bits per heavy atom. The number of benzene rings is 1. The lowest BCUT2D eigenvalue weighted by molar-refractivity contribution is 0.453. The molecular formula is C19H28O2SSi. The summed E-state index contributed by atoms with van der Waals surface area (Å²) >= 11 is 1.89. The van der Waals surface area contributed by atoms with Gasteiger partial charge in [-0.25, -0.2) is 0 Å². The minimum Gasteiger partial charge on any atom is -0.507 e. The number of hydrogen-bond acceptors (Lipinski definition) is 3. The van der Waals surface area contributed by atoms with E-state index in [1.54, 1.807) is 6.26 Å². The summed E-state index contributed by atoms with van der Waals surface area (Å²) < 4.78 is 5.64. The highest BCUT2D eigenvalue weighted by Gasteiger charge is 2.27. The molecule has 0 aliphatic heterocycles. The molecule has 0 unspecified atom stereocenters. The fourth-order valence-corrected chi connectivity index (χ4v) is 6.65. The summed E-state index contributed by atoms with van der Waals surface area (Å²) in [4.78, 5) is 1.25. The Labute approximate surface area is 145 Å². The highest BCUT2D eigenvalue weighted by atomic mass is 32.2. The van der Waals surface area contributed by atoms with Crippen molar-refractivity contribution < 1.29 is 9.52 Å². The van der Waals surface area contributed by atoms with Gasteiger partial charge in [0.2, 0.25) is 0 Å². The second-order valence-electron chi connectivity index (χ2n) is 7.41. The van der Waals surface area contributed by atoms with E-state index < -0.39 is 8.07 Å². The van der Waals surface area contributed by atoms with Crippen LogP contribution in [0.2, 0.25) is 13.1 Å². The van der Waals surface area contributed by atoms with Crippen LogP contribution < -0.4 is 5.38 Å². The summed E-state index contributed by atoms with van der Waals surface area (Å²) in [5.74, 6) is 1.12. The molecule has 2 rings (SSSR count). The lowest BCUT2D eigenvalue weighted by Crippen LogP contribution is -2.43. The number of thioether (sulfide) groups is 1. The Morgan fingerprint density at radius 3 is 2.09 bits per heavy atom. The highest BCUT2D eigenvalue weighted by molar-refractivity contribution is 8.01. The second-order valence-corrected chi connectivity index (χ2v) is 13.6. The lowest BCUT2D eigenvalue weighted by Gasteiger charge is -2.21. The van der Waals surface area contributed by atoms with Crippen molar-refractivity contribution in [1.29, 1.82) is 0 Å². The summed E-state index contributed by atoms with van der Waals surface area (Å²) in [5.41, 5.74) is 2.10. The van der Waals surface area contributed by atoms with Crippen molar-refractivity contribution in [3.63, 3.8) is 0 Å². The molecule has 0 saturated heterocycles. The van der Waals surface area contributed by atoms with E-state index >= 15 is 0 Å². The van der Waals surface area contributed by atoms with E-state index in [2.05, 4.69) is 59.0 Å². The maximum absolute atomic E-state index is 10.5. The summed E-state index contributed by atoms with van der Waals surface area (Å²) in [6.07, 6.45) is 1.77. The average Bonchev–Trinajstić information content (AvgIpc) is 3.00. The minimum absolute atomic E-state index is 0.323. The predicted molar refractivity (Wildman–Crippen MR) is 103 cm³/mol. The zero-order chi connectivity index (χ0) is 17.2. The van der Waals surface area contributed by atoms with Crippen molar-refractivity contribution in [1.82, 2.24) is 0 Å². The molecule has 1 N–H and O–H groups in total.